The molecule has 0 spiro atoms. The van der Waals surface area contributed by atoms with E-state index < -0.39 is 0 Å². The van der Waals surface area contributed by atoms with Crippen LogP contribution in [0.25, 0.3) is 32.7 Å². The van der Waals surface area contributed by atoms with Crippen molar-refractivity contribution in [3.8, 4) is 0 Å². The molecule has 3 nitrogen and oxygen atoms in total. The van der Waals surface area contributed by atoms with Crippen LogP contribution in [-0.2, 0) is 57.7 Å². The molecular formula is C30H24N3OsS3-3. The summed E-state index contributed by atoms with van der Waals surface area (Å²) in [4.78, 5) is 15.3. The van der Waals surface area contributed by atoms with Gasteiger partial charge in [0.15, 0.2) is 0 Å². The predicted molar refractivity (Wildman–Crippen MR) is 156 cm³/mol. The maximum Gasteiger partial charge on any atom is 0.0511 e. The molecule has 0 aliphatic heterocycles. The number of pyridine rings is 3. The molecule has 0 saturated heterocycles. The van der Waals surface area contributed by atoms with Crippen molar-refractivity contribution in [3.63, 3.8) is 0 Å². The minimum Gasteiger partial charge on any atom is -0.778 e. The van der Waals surface area contributed by atoms with Crippen LogP contribution in [0.5, 0.6) is 0 Å². The number of aromatic nitrogens is 3. The molecule has 0 unspecified atom stereocenters. The molecule has 3 aromatic heterocycles. The standard InChI is InChI=1S/3C10H9NS.Os/c3*1-7-5-8-3-2-4-9(12)10(8)11-6-7;/h3*2-6,12H,1H3;/p-3. The van der Waals surface area contributed by atoms with Crippen molar-refractivity contribution < 1.29 is 19.8 Å². The zero-order chi connectivity index (χ0) is 25.7. The van der Waals surface area contributed by atoms with Crippen molar-refractivity contribution >= 4 is 70.6 Å². The van der Waals surface area contributed by atoms with Gasteiger partial charge in [0.1, 0.15) is 0 Å². The molecule has 6 aromatic rings. The van der Waals surface area contributed by atoms with E-state index in [0.29, 0.717) is 0 Å². The predicted octanol–water partition coefficient (Wildman–Crippen LogP) is 7.34. The van der Waals surface area contributed by atoms with Crippen molar-refractivity contribution in [1.82, 2.24) is 15.0 Å². The number of rotatable bonds is 0. The Morgan fingerprint density at radius 3 is 1.00 bits per heavy atom. The minimum absolute atomic E-state index is 0. The van der Waals surface area contributed by atoms with Gasteiger partial charge in [-0.3, -0.25) is 15.0 Å². The fourth-order valence-corrected chi connectivity index (χ4v) is 4.48. The van der Waals surface area contributed by atoms with Gasteiger partial charge in [-0.1, -0.05) is 54.6 Å². The van der Waals surface area contributed by atoms with Crippen molar-refractivity contribution in [2.45, 2.75) is 35.5 Å². The van der Waals surface area contributed by atoms with Gasteiger partial charge in [-0.15, -0.1) is 14.7 Å². The SMILES string of the molecule is Cc1cnc2c([S-])cccc2c1.Cc1cnc2c([S-])cccc2c1.Cc1cnc2c([S-])cccc2c1.[Os]. The van der Waals surface area contributed by atoms with Gasteiger partial charge < -0.3 is 37.9 Å². The number of nitrogens with zero attached hydrogens (tertiary/aromatic N) is 3. The molecule has 3 aromatic carbocycles. The second kappa shape index (κ2) is 13.1. The normalized spacial score (nSPS) is 10.1. The molecule has 3 heterocycles. The first-order valence-electron chi connectivity index (χ1n) is 11.4. The number of benzene rings is 3. The third kappa shape index (κ3) is 7.37. The summed E-state index contributed by atoms with van der Waals surface area (Å²) in [5.74, 6) is 0. The Morgan fingerprint density at radius 2 is 0.730 bits per heavy atom. The van der Waals surface area contributed by atoms with Crippen LogP contribution in [-0.4, -0.2) is 15.0 Å². The molecule has 0 fully saturated rings. The van der Waals surface area contributed by atoms with Crippen LogP contribution in [0, 0.1) is 20.8 Å². The Morgan fingerprint density at radius 1 is 0.459 bits per heavy atom. The maximum atomic E-state index is 5.13. The van der Waals surface area contributed by atoms with Gasteiger partial charge in [0.2, 0.25) is 0 Å². The van der Waals surface area contributed by atoms with Gasteiger partial charge in [-0.05, 0) is 71.8 Å². The summed E-state index contributed by atoms with van der Waals surface area (Å²) in [7, 11) is 0. The monoisotopic (exact) mass is 714 g/mol. The molecule has 7 heteroatoms. The third-order valence-electron chi connectivity index (χ3n) is 5.43. The average molecular weight is 713 g/mol. The molecule has 37 heavy (non-hydrogen) atoms. The molecule has 0 aliphatic carbocycles. The number of para-hydroxylation sites is 3. The van der Waals surface area contributed by atoms with E-state index in [1.807, 2.05) is 94.0 Å². The molecule has 0 atom stereocenters. The second-order valence-electron chi connectivity index (χ2n) is 8.52. The molecule has 6 rings (SSSR count). The molecule has 188 valence electrons. The smallest absolute Gasteiger partial charge is 0.0511 e. The van der Waals surface area contributed by atoms with Crippen LogP contribution in [0.4, 0.5) is 0 Å². The summed E-state index contributed by atoms with van der Waals surface area (Å²) >= 11 is 15.4. The molecule has 0 radical (unpaired) electrons. The van der Waals surface area contributed by atoms with E-state index in [4.69, 9.17) is 37.9 Å². The Kier molecular flexibility index (Phi) is 10.2. The van der Waals surface area contributed by atoms with E-state index in [9.17, 15) is 0 Å². The van der Waals surface area contributed by atoms with Crippen molar-refractivity contribution in [1.29, 1.82) is 0 Å². The molecule has 0 N–H and O–H groups in total. The average Bonchev–Trinajstić information content (AvgIpc) is 2.85. The molecule has 0 bridgehead atoms. The van der Waals surface area contributed by atoms with Gasteiger partial charge in [0.25, 0.3) is 0 Å². The summed E-state index contributed by atoms with van der Waals surface area (Å²) in [6, 6.07) is 24.0. The van der Waals surface area contributed by atoms with Crippen LogP contribution in [0.15, 0.2) is 106 Å². The van der Waals surface area contributed by atoms with E-state index in [1.165, 1.54) is 16.7 Å². The fourth-order valence-electron chi connectivity index (χ4n) is 3.73. The Balaban J connectivity index is 0.000000152. The van der Waals surface area contributed by atoms with Crippen molar-refractivity contribution in [2.75, 3.05) is 0 Å². The summed E-state index contributed by atoms with van der Waals surface area (Å²) < 4.78 is 0. The number of aryl methyl sites for hydroxylation is 3. The largest absolute Gasteiger partial charge is 0.778 e. The quantitative estimate of drug-likeness (QED) is 0.154. The van der Waals surface area contributed by atoms with Crippen LogP contribution < -0.4 is 0 Å². The third-order valence-corrected chi connectivity index (χ3v) is 6.42. The molecule has 0 amide bonds. The van der Waals surface area contributed by atoms with E-state index in [2.05, 4.69) is 33.2 Å². The van der Waals surface area contributed by atoms with E-state index in [1.54, 1.807) is 0 Å². The number of hydrogen-bond acceptors (Lipinski definition) is 6. The van der Waals surface area contributed by atoms with E-state index in [-0.39, 0.29) is 19.8 Å². The van der Waals surface area contributed by atoms with Crippen LogP contribution >= 0.6 is 0 Å². The van der Waals surface area contributed by atoms with Gasteiger partial charge >= 0.3 is 0 Å². The molecule has 0 aliphatic rings. The van der Waals surface area contributed by atoms with E-state index in [0.717, 1.165) is 47.4 Å². The molecule has 0 saturated carbocycles. The zero-order valence-electron chi connectivity index (χ0n) is 20.6. The van der Waals surface area contributed by atoms with Gasteiger partial charge in [0, 0.05) is 38.4 Å². The van der Waals surface area contributed by atoms with Crippen molar-refractivity contribution in [3.05, 3.63) is 108 Å². The topological polar surface area (TPSA) is 38.7 Å². The summed E-state index contributed by atoms with van der Waals surface area (Å²) in [6.45, 7) is 6.09. The summed E-state index contributed by atoms with van der Waals surface area (Å²) in [5, 5.41) is 3.38. The van der Waals surface area contributed by atoms with Crippen LogP contribution in [0.2, 0.25) is 0 Å². The first-order valence-corrected chi connectivity index (χ1v) is 12.6. The second-order valence-corrected chi connectivity index (χ2v) is 9.84. The van der Waals surface area contributed by atoms with Crippen LogP contribution in [0.1, 0.15) is 16.7 Å². The van der Waals surface area contributed by atoms with Gasteiger partial charge in [-0.25, -0.2) is 0 Å². The summed E-state index contributed by atoms with van der Waals surface area (Å²) in [6.07, 6.45) is 5.54. The molecular weight excluding hydrogens is 689 g/mol. The van der Waals surface area contributed by atoms with Crippen molar-refractivity contribution in [2.24, 2.45) is 0 Å². The van der Waals surface area contributed by atoms with Gasteiger partial charge in [0.05, 0.1) is 16.6 Å². The Bertz CT molecular complexity index is 1470. The number of hydrogen-bond donors (Lipinski definition) is 0. The van der Waals surface area contributed by atoms with Gasteiger partial charge in [-0.2, -0.15) is 0 Å². The number of fused-ring (bicyclic) bond motifs is 3. The van der Waals surface area contributed by atoms with Crippen LogP contribution in [0.3, 0.4) is 0 Å². The Hall–Kier alpha value is -2.81. The Labute approximate surface area is 247 Å². The maximum absolute atomic E-state index is 5.13. The zero-order valence-corrected chi connectivity index (χ0v) is 25.6. The fraction of sp³-hybridized carbons (Fsp3) is 0.100. The minimum atomic E-state index is 0. The first kappa shape index (κ1) is 28.8. The first-order chi connectivity index (χ1) is 17.3. The summed E-state index contributed by atoms with van der Waals surface area (Å²) in [5.41, 5.74) is 6.30. The van der Waals surface area contributed by atoms with E-state index >= 15 is 0 Å².